The maximum Gasteiger partial charge on any atom is 0.261 e. The minimum absolute atomic E-state index is 0.148. The van der Waals surface area contributed by atoms with Crippen LogP contribution >= 0.6 is 0 Å². The van der Waals surface area contributed by atoms with E-state index in [2.05, 4.69) is 10.3 Å². The molecule has 0 unspecified atom stereocenters. The summed E-state index contributed by atoms with van der Waals surface area (Å²) in [6.45, 7) is 0.0886. The third kappa shape index (κ3) is 3.61. The number of hydrogen-bond donors (Lipinski definition) is 1. The van der Waals surface area contributed by atoms with Gasteiger partial charge in [-0.05, 0) is 55.2 Å². The third-order valence-electron chi connectivity index (χ3n) is 5.57. The zero-order valence-electron chi connectivity index (χ0n) is 16.7. The highest BCUT2D eigenvalue weighted by Crippen LogP contribution is 2.27. The van der Waals surface area contributed by atoms with Crippen LogP contribution < -0.4 is 10.9 Å². The Morgan fingerprint density at radius 1 is 1.13 bits per heavy atom. The number of fused-ring (bicyclic) bond motifs is 2. The van der Waals surface area contributed by atoms with Crippen LogP contribution in [-0.4, -0.2) is 25.2 Å². The molecular weight excluding hydrogens is 397 g/mol. The lowest BCUT2D eigenvalue weighted by Gasteiger charge is -2.08. The van der Waals surface area contributed by atoms with E-state index in [1.54, 1.807) is 0 Å². The average Bonchev–Trinajstić information content (AvgIpc) is 3.38. The molecule has 7 nitrogen and oxygen atoms in total. The summed E-state index contributed by atoms with van der Waals surface area (Å²) in [6, 6.07) is 13.8. The third-order valence-corrected chi connectivity index (χ3v) is 5.57. The lowest BCUT2D eigenvalue weighted by molar-refractivity contribution is -0.121. The predicted molar refractivity (Wildman–Crippen MR) is 113 cm³/mol. The maximum absolute atomic E-state index is 13.5. The van der Waals surface area contributed by atoms with Crippen molar-refractivity contribution in [3.8, 4) is 5.69 Å². The van der Waals surface area contributed by atoms with Crippen molar-refractivity contribution in [1.29, 1.82) is 0 Å². The molecule has 0 saturated heterocycles. The predicted octanol–water partition coefficient (Wildman–Crippen LogP) is 2.53. The highest BCUT2D eigenvalue weighted by Gasteiger charge is 2.23. The fourth-order valence-electron chi connectivity index (χ4n) is 4.08. The first kappa shape index (κ1) is 19.2. The molecule has 2 aromatic carbocycles. The quantitative estimate of drug-likeness (QED) is 0.541. The molecule has 2 heterocycles. The standard InChI is InChI=1S/C23H20FN5O2/c24-15-9-10-19-18(11-15)23(31)28(14-26-19)13-22(30)25-12-20-17-7-4-8-21(17)29(27-20)16-5-2-1-3-6-16/h1-3,5-6,9-11,14H,4,7-8,12-13H2,(H,25,30). The molecule has 0 saturated carbocycles. The van der Waals surface area contributed by atoms with E-state index >= 15 is 0 Å². The molecule has 0 fully saturated rings. The number of amides is 1. The normalized spacial score (nSPS) is 12.8. The average molecular weight is 417 g/mol. The number of nitrogens with zero attached hydrogens (tertiary/aromatic N) is 4. The van der Waals surface area contributed by atoms with E-state index in [1.165, 1.54) is 34.3 Å². The van der Waals surface area contributed by atoms with E-state index in [0.717, 1.165) is 36.7 Å². The van der Waals surface area contributed by atoms with Gasteiger partial charge in [0.2, 0.25) is 5.91 Å². The van der Waals surface area contributed by atoms with E-state index < -0.39 is 11.4 Å². The van der Waals surface area contributed by atoms with E-state index in [0.29, 0.717) is 5.52 Å². The molecule has 0 atom stereocenters. The summed E-state index contributed by atoms with van der Waals surface area (Å²) >= 11 is 0. The molecule has 156 valence electrons. The molecule has 4 aromatic rings. The van der Waals surface area contributed by atoms with Gasteiger partial charge in [0.05, 0.1) is 35.2 Å². The lowest BCUT2D eigenvalue weighted by atomic mass is 10.2. The highest BCUT2D eigenvalue weighted by molar-refractivity contribution is 5.79. The fourth-order valence-corrected chi connectivity index (χ4v) is 4.08. The number of aromatic nitrogens is 4. The number of benzene rings is 2. The van der Waals surface area contributed by atoms with Gasteiger partial charge in [-0.15, -0.1) is 0 Å². The number of carbonyl (C=O) groups is 1. The Kier molecular flexibility index (Phi) is 4.82. The summed E-state index contributed by atoms with van der Waals surface area (Å²) in [5, 5.41) is 7.73. The topological polar surface area (TPSA) is 81.8 Å². The molecule has 0 radical (unpaired) electrons. The summed E-state index contributed by atoms with van der Waals surface area (Å²) in [6.07, 6.45) is 4.27. The van der Waals surface area contributed by atoms with Crippen LogP contribution in [0.5, 0.6) is 0 Å². The molecule has 31 heavy (non-hydrogen) atoms. The summed E-state index contributed by atoms with van der Waals surface area (Å²) in [5.74, 6) is -0.850. The largest absolute Gasteiger partial charge is 0.349 e. The zero-order valence-corrected chi connectivity index (χ0v) is 16.7. The monoisotopic (exact) mass is 417 g/mol. The van der Waals surface area contributed by atoms with Gasteiger partial charge in [-0.25, -0.2) is 14.1 Å². The minimum atomic E-state index is -0.517. The van der Waals surface area contributed by atoms with Crippen molar-refractivity contribution in [3.63, 3.8) is 0 Å². The number of carbonyl (C=O) groups excluding carboxylic acids is 1. The van der Waals surface area contributed by atoms with Crippen molar-refractivity contribution in [2.75, 3.05) is 0 Å². The Morgan fingerprint density at radius 2 is 1.97 bits per heavy atom. The van der Waals surface area contributed by atoms with Gasteiger partial charge >= 0.3 is 0 Å². The van der Waals surface area contributed by atoms with Crippen LogP contribution in [0.2, 0.25) is 0 Å². The number of nitrogens with one attached hydrogen (secondary N) is 1. The van der Waals surface area contributed by atoms with Crippen molar-refractivity contribution in [2.24, 2.45) is 0 Å². The molecule has 1 aliphatic rings. The molecule has 1 aliphatic carbocycles. The second-order valence-electron chi connectivity index (χ2n) is 7.59. The highest BCUT2D eigenvalue weighted by atomic mass is 19.1. The summed E-state index contributed by atoms with van der Waals surface area (Å²) in [7, 11) is 0. The van der Waals surface area contributed by atoms with Gasteiger partial charge in [0, 0.05) is 5.69 Å². The van der Waals surface area contributed by atoms with Crippen LogP contribution in [0.15, 0.2) is 59.7 Å². The van der Waals surface area contributed by atoms with Crippen molar-refractivity contribution in [1.82, 2.24) is 24.6 Å². The van der Waals surface area contributed by atoms with Crippen LogP contribution in [0, 0.1) is 5.82 Å². The van der Waals surface area contributed by atoms with E-state index in [9.17, 15) is 14.0 Å². The second-order valence-corrected chi connectivity index (χ2v) is 7.59. The van der Waals surface area contributed by atoms with Crippen LogP contribution in [0.1, 0.15) is 23.4 Å². The Balaban J connectivity index is 1.33. The van der Waals surface area contributed by atoms with Gasteiger partial charge < -0.3 is 5.32 Å². The molecular formula is C23H20FN5O2. The van der Waals surface area contributed by atoms with Crippen LogP contribution in [0.3, 0.4) is 0 Å². The van der Waals surface area contributed by atoms with Gasteiger partial charge in [-0.2, -0.15) is 5.10 Å². The molecule has 0 bridgehead atoms. The SMILES string of the molecule is O=C(Cn1cnc2ccc(F)cc2c1=O)NCc1nn(-c2ccccc2)c2c1CCC2. The Hall–Kier alpha value is -3.81. The Bertz CT molecular complexity index is 1340. The molecule has 0 spiro atoms. The van der Waals surface area contributed by atoms with Crippen LogP contribution in [0.4, 0.5) is 4.39 Å². The van der Waals surface area contributed by atoms with Gasteiger partial charge in [0.25, 0.3) is 5.56 Å². The number of para-hydroxylation sites is 1. The van der Waals surface area contributed by atoms with E-state index in [-0.39, 0.29) is 24.4 Å². The molecule has 2 aromatic heterocycles. The van der Waals surface area contributed by atoms with Crippen LogP contribution in [0.25, 0.3) is 16.6 Å². The Morgan fingerprint density at radius 3 is 2.81 bits per heavy atom. The van der Waals surface area contributed by atoms with Gasteiger partial charge in [0.15, 0.2) is 0 Å². The summed E-state index contributed by atoms with van der Waals surface area (Å²) < 4.78 is 16.6. The molecule has 8 heteroatoms. The molecule has 1 N–H and O–H groups in total. The van der Waals surface area contributed by atoms with Crippen molar-refractivity contribution in [3.05, 3.63) is 88.0 Å². The van der Waals surface area contributed by atoms with E-state index in [1.807, 2.05) is 35.0 Å². The number of rotatable bonds is 5. The van der Waals surface area contributed by atoms with E-state index in [4.69, 9.17) is 5.10 Å². The number of halogens is 1. The van der Waals surface area contributed by atoms with Crippen molar-refractivity contribution >= 4 is 16.8 Å². The Labute approximate surface area is 177 Å². The molecule has 1 amide bonds. The summed E-state index contributed by atoms with van der Waals surface area (Å²) in [5.41, 5.74) is 4.16. The van der Waals surface area contributed by atoms with Gasteiger partial charge in [0.1, 0.15) is 12.4 Å². The summed E-state index contributed by atoms with van der Waals surface area (Å²) in [4.78, 5) is 29.2. The van der Waals surface area contributed by atoms with Crippen molar-refractivity contribution in [2.45, 2.75) is 32.4 Å². The lowest BCUT2D eigenvalue weighted by Crippen LogP contribution is -2.32. The fraction of sp³-hybridized carbons (Fsp3) is 0.217. The zero-order chi connectivity index (χ0) is 21.4. The van der Waals surface area contributed by atoms with Gasteiger partial charge in [-0.3, -0.25) is 14.2 Å². The number of hydrogen-bond acceptors (Lipinski definition) is 4. The maximum atomic E-state index is 13.5. The van der Waals surface area contributed by atoms with Gasteiger partial charge in [-0.1, -0.05) is 18.2 Å². The van der Waals surface area contributed by atoms with Crippen LogP contribution in [-0.2, 0) is 30.7 Å². The second kappa shape index (κ2) is 7.79. The smallest absolute Gasteiger partial charge is 0.261 e. The molecule has 5 rings (SSSR count). The minimum Gasteiger partial charge on any atom is -0.349 e. The first-order chi connectivity index (χ1) is 15.1. The first-order valence-electron chi connectivity index (χ1n) is 10.2. The molecule has 0 aliphatic heterocycles. The first-order valence-corrected chi connectivity index (χ1v) is 10.2. The van der Waals surface area contributed by atoms with Crippen molar-refractivity contribution < 1.29 is 9.18 Å².